The number of carboxylic acid groups (broad SMARTS) is 1. The number of carboxylic acids is 1. The SMILES string of the molecule is CC(C)OC(Cc1cn(CC#Cc2cccc(C(F)(F)F)c2)c2ccccc12)C(=O)O. The topological polar surface area (TPSA) is 51.5 Å². The largest absolute Gasteiger partial charge is 0.479 e. The molecule has 0 aliphatic rings. The van der Waals surface area contributed by atoms with Crippen molar-refractivity contribution >= 4 is 16.9 Å². The second-order valence-electron chi connectivity index (χ2n) is 7.40. The van der Waals surface area contributed by atoms with E-state index < -0.39 is 23.8 Å². The molecule has 0 radical (unpaired) electrons. The van der Waals surface area contributed by atoms with E-state index >= 15 is 0 Å². The molecule has 1 atom stereocenters. The maximum atomic E-state index is 12.9. The number of hydrogen-bond acceptors (Lipinski definition) is 2. The van der Waals surface area contributed by atoms with Gasteiger partial charge in [0, 0.05) is 29.1 Å². The van der Waals surface area contributed by atoms with Gasteiger partial charge in [-0.15, -0.1) is 0 Å². The molecule has 0 amide bonds. The zero-order valence-electron chi connectivity index (χ0n) is 17.1. The number of nitrogens with zero attached hydrogens (tertiary/aromatic N) is 1. The van der Waals surface area contributed by atoms with Crippen molar-refractivity contribution in [3.8, 4) is 11.8 Å². The van der Waals surface area contributed by atoms with Gasteiger partial charge in [0.25, 0.3) is 0 Å². The van der Waals surface area contributed by atoms with E-state index in [4.69, 9.17) is 4.74 Å². The Kier molecular flexibility index (Phi) is 6.71. The Hall–Kier alpha value is -3.24. The van der Waals surface area contributed by atoms with Gasteiger partial charge in [0.1, 0.15) is 0 Å². The number of fused-ring (bicyclic) bond motifs is 1. The van der Waals surface area contributed by atoms with Gasteiger partial charge in [0.15, 0.2) is 6.10 Å². The summed E-state index contributed by atoms with van der Waals surface area (Å²) in [5.74, 6) is 4.65. The van der Waals surface area contributed by atoms with E-state index in [-0.39, 0.29) is 24.6 Å². The number of aromatic nitrogens is 1. The van der Waals surface area contributed by atoms with Crippen molar-refractivity contribution in [1.82, 2.24) is 4.57 Å². The number of carbonyl (C=O) groups is 1. The third-order valence-electron chi connectivity index (χ3n) is 4.66. The summed E-state index contributed by atoms with van der Waals surface area (Å²) in [4.78, 5) is 11.6. The summed E-state index contributed by atoms with van der Waals surface area (Å²) in [6, 6.07) is 12.4. The van der Waals surface area contributed by atoms with Gasteiger partial charge in [-0.2, -0.15) is 13.2 Å². The highest BCUT2D eigenvalue weighted by Gasteiger charge is 2.30. The number of benzene rings is 2. The van der Waals surface area contributed by atoms with Crippen molar-refractivity contribution in [2.24, 2.45) is 0 Å². The first-order valence-corrected chi connectivity index (χ1v) is 9.76. The molecule has 3 aromatic rings. The third kappa shape index (κ3) is 5.68. The van der Waals surface area contributed by atoms with Crippen LogP contribution in [0.3, 0.4) is 0 Å². The first-order valence-electron chi connectivity index (χ1n) is 9.76. The quantitative estimate of drug-likeness (QED) is 0.553. The van der Waals surface area contributed by atoms with Gasteiger partial charge in [0.05, 0.1) is 18.2 Å². The van der Waals surface area contributed by atoms with Gasteiger partial charge in [-0.25, -0.2) is 4.79 Å². The number of aliphatic carboxylic acids is 1. The number of para-hydroxylation sites is 1. The van der Waals surface area contributed by atoms with Crippen molar-refractivity contribution < 1.29 is 27.8 Å². The van der Waals surface area contributed by atoms with Gasteiger partial charge in [-0.05, 0) is 43.7 Å². The van der Waals surface area contributed by atoms with Gasteiger partial charge in [-0.3, -0.25) is 0 Å². The summed E-state index contributed by atoms with van der Waals surface area (Å²) in [7, 11) is 0. The van der Waals surface area contributed by atoms with Crippen molar-refractivity contribution in [3.05, 3.63) is 71.4 Å². The molecule has 0 aliphatic carbocycles. The minimum absolute atomic E-state index is 0.197. The molecule has 0 saturated heterocycles. The van der Waals surface area contributed by atoms with Crippen LogP contribution in [0.4, 0.5) is 13.2 Å². The average Bonchev–Trinajstić information content (AvgIpc) is 3.04. The highest BCUT2D eigenvalue weighted by Crippen LogP contribution is 2.29. The monoisotopic (exact) mass is 429 g/mol. The van der Waals surface area contributed by atoms with E-state index in [1.54, 1.807) is 13.8 Å². The van der Waals surface area contributed by atoms with Crippen LogP contribution < -0.4 is 0 Å². The summed E-state index contributed by atoms with van der Waals surface area (Å²) in [5.41, 5.74) is 1.22. The molecule has 3 rings (SSSR count). The molecule has 0 spiro atoms. The molecule has 0 fully saturated rings. The standard InChI is InChI=1S/C24H22F3NO3/c1-16(2)31-22(23(29)30)14-18-15-28(21-11-4-3-10-20(18)21)12-6-8-17-7-5-9-19(13-17)24(25,26)27/h3-5,7,9-11,13,15-16,22H,12,14H2,1-2H3,(H,29,30). The van der Waals surface area contributed by atoms with Crippen LogP contribution in [0.15, 0.2) is 54.7 Å². The minimum atomic E-state index is -4.41. The van der Waals surface area contributed by atoms with Gasteiger partial charge in [0.2, 0.25) is 0 Å². The van der Waals surface area contributed by atoms with Crippen molar-refractivity contribution in [3.63, 3.8) is 0 Å². The number of ether oxygens (including phenoxy) is 1. The summed E-state index contributed by atoms with van der Waals surface area (Å²) < 4.78 is 46.0. The summed E-state index contributed by atoms with van der Waals surface area (Å²) in [6.45, 7) is 3.81. The predicted octanol–water partition coefficient (Wildman–Crippen LogP) is 5.13. The molecule has 31 heavy (non-hydrogen) atoms. The average molecular weight is 429 g/mol. The van der Waals surface area contributed by atoms with Crippen LogP contribution in [0.25, 0.3) is 10.9 Å². The van der Waals surface area contributed by atoms with E-state index in [2.05, 4.69) is 11.8 Å². The lowest BCUT2D eigenvalue weighted by atomic mass is 10.1. The van der Waals surface area contributed by atoms with Crippen LogP contribution in [0.5, 0.6) is 0 Å². The fraction of sp³-hybridized carbons (Fsp3) is 0.292. The third-order valence-corrected chi connectivity index (χ3v) is 4.66. The molecule has 4 nitrogen and oxygen atoms in total. The summed E-state index contributed by atoms with van der Waals surface area (Å²) in [6.07, 6.45) is -3.60. The van der Waals surface area contributed by atoms with Gasteiger partial charge in [-0.1, -0.05) is 36.1 Å². The normalized spacial score (nSPS) is 12.6. The summed E-state index contributed by atoms with van der Waals surface area (Å²) in [5, 5.41) is 10.4. The highest BCUT2D eigenvalue weighted by molar-refractivity contribution is 5.85. The van der Waals surface area contributed by atoms with Crippen molar-refractivity contribution in [1.29, 1.82) is 0 Å². The highest BCUT2D eigenvalue weighted by atomic mass is 19.4. The molecule has 1 heterocycles. The van der Waals surface area contributed by atoms with Crippen LogP contribution in [0.1, 0.15) is 30.5 Å². The first kappa shape index (κ1) is 22.4. The maximum Gasteiger partial charge on any atom is 0.416 e. The van der Waals surface area contributed by atoms with E-state index in [0.717, 1.165) is 28.6 Å². The molecular weight excluding hydrogens is 407 g/mol. The Morgan fingerprint density at radius 1 is 1.16 bits per heavy atom. The smallest absolute Gasteiger partial charge is 0.416 e. The van der Waals surface area contributed by atoms with Crippen LogP contribution in [0.2, 0.25) is 0 Å². The Morgan fingerprint density at radius 2 is 1.90 bits per heavy atom. The lowest BCUT2D eigenvalue weighted by Crippen LogP contribution is -2.29. The van der Waals surface area contributed by atoms with Gasteiger partial charge < -0.3 is 14.4 Å². The van der Waals surface area contributed by atoms with Crippen LogP contribution in [-0.4, -0.2) is 27.9 Å². The number of halogens is 3. The zero-order chi connectivity index (χ0) is 22.6. The minimum Gasteiger partial charge on any atom is -0.479 e. The predicted molar refractivity (Wildman–Crippen MR) is 112 cm³/mol. The molecular formula is C24H22F3NO3. The second-order valence-corrected chi connectivity index (χ2v) is 7.40. The van der Waals surface area contributed by atoms with Crippen LogP contribution >= 0.6 is 0 Å². The number of alkyl halides is 3. The van der Waals surface area contributed by atoms with Crippen molar-refractivity contribution in [2.45, 2.75) is 45.2 Å². The zero-order valence-corrected chi connectivity index (χ0v) is 17.1. The molecule has 0 aliphatic heterocycles. The van der Waals surface area contributed by atoms with E-state index in [9.17, 15) is 23.1 Å². The van der Waals surface area contributed by atoms with E-state index in [0.29, 0.717) is 0 Å². The first-order chi connectivity index (χ1) is 14.6. The lowest BCUT2D eigenvalue weighted by Gasteiger charge is -2.16. The second kappa shape index (κ2) is 9.27. The van der Waals surface area contributed by atoms with Gasteiger partial charge >= 0.3 is 12.1 Å². The lowest BCUT2D eigenvalue weighted by molar-refractivity contribution is -0.153. The summed E-state index contributed by atoms with van der Waals surface area (Å²) >= 11 is 0. The molecule has 162 valence electrons. The Bertz CT molecular complexity index is 1140. The van der Waals surface area contributed by atoms with E-state index in [1.165, 1.54) is 12.1 Å². The molecule has 2 aromatic carbocycles. The van der Waals surface area contributed by atoms with Crippen molar-refractivity contribution in [2.75, 3.05) is 0 Å². The number of rotatable bonds is 6. The molecule has 1 aromatic heterocycles. The fourth-order valence-electron chi connectivity index (χ4n) is 3.34. The molecule has 1 unspecified atom stereocenters. The number of hydrogen-bond donors (Lipinski definition) is 1. The Morgan fingerprint density at radius 3 is 2.58 bits per heavy atom. The molecule has 0 saturated carbocycles. The Balaban J connectivity index is 1.86. The molecule has 1 N–H and O–H groups in total. The fourth-order valence-corrected chi connectivity index (χ4v) is 3.34. The maximum absolute atomic E-state index is 12.9. The molecule has 7 heteroatoms. The molecule has 0 bridgehead atoms. The van der Waals surface area contributed by atoms with Crippen LogP contribution in [-0.2, 0) is 28.7 Å². The van der Waals surface area contributed by atoms with E-state index in [1.807, 2.05) is 35.0 Å². The Labute approximate surface area is 178 Å². The van der Waals surface area contributed by atoms with Crippen LogP contribution in [0, 0.1) is 11.8 Å².